The van der Waals surface area contributed by atoms with Crippen molar-refractivity contribution in [2.75, 3.05) is 33.4 Å². The van der Waals surface area contributed by atoms with Crippen molar-refractivity contribution in [3.63, 3.8) is 0 Å². The van der Waals surface area contributed by atoms with Gasteiger partial charge in [-0.2, -0.15) is 0 Å². The summed E-state index contributed by atoms with van der Waals surface area (Å²) in [6, 6.07) is 12.4. The largest absolute Gasteiger partial charge is 0.381 e. The molecule has 2 heterocycles. The van der Waals surface area contributed by atoms with Gasteiger partial charge in [0, 0.05) is 56.2 Å². The minimum atomic E-state index is -0.0321. The Morgan fingerprint density at radius 2 is 2.03 bits per heavy atom. The van der Waals surface area contributed by atoms with E-state index in [9.17, 15) is 0 Å². The van der Waals surface area contributed by atoms with Crippen LogP contribution in [0.1, 0.15) is 31.0 Å². The second kappa shape index (κ2) is 11.2. The average molecular weight is 531 g/mol. The fourth-order valence-corrected chi connectivity index (χ4v) is 3.98. The highest BCUT2D eigenvalue weighted by Gasteiger charge is 2.34. The molecule has 1 aromatic heterocycles. The lowest BCUT2D eigenvalue weighted by Crippen LogP contribution is -2.42. The molecule has 0 atom stereocenters. The lowest BCUT2D eigenvalue weighted by molar-refractivity contribution is 0.0530. The number of halogens is 2. The number of ether oxygens (including phenoxy) is 1. The molecular weight excluding hydrogens is 499 g/mol. The normalized spacial score (nSPS) is 16.2. The molecule has 0 amide bonds. The van der Waals surface area contributed by atoms with Gasteiger partial charge in [-0.1, -0.05) is 23.7 Å². The van der Waals surface area contributed by atoms with Gasteiger partial charge in [-0.05, 0) is 49.6 Å². The maximum atomic E-state index is 6.29. The SMILES string of the molecule is CCNC(=NCC1(c2cccc(Cl)c2)CCOCC1)N(C)Cc1cccn1C.I. The zero-order chi connectivity index (χ0) is 20.0. The lowest BCUT2D eigenvalue weighted by Gasteiger charge is -2.37. The number of aryl methyl sites for hydroxylation is 1. The molecule has 0 aliphatic carbocycles. The molecule has 1 fully saturated rings. The first kappa shape index (κ1) is 24.0. The number of hydrogen-bond donors (Lipinski definition) is 1. The maximum Gasteiger partial charge on any atom is 0.194 e. The summed E-state index contributed by atoms with van der Waals surface area (Å²) in [5.41, 5.74) is 2.48. The third-order valence-corrected chi connectivity index (χ3v) is 5.80. The van der Waals surface area contributed by atoms with Gasteiger partial charge in [-0.25, -0.2) is 0 Å². The Hall–Kier alpha value is -1.25. The van der Waals surface area contributed by atoms with Gasteiger partial charge in [0.25, 0.3) is 0 Å². The topological polar surface area (TPSA) is 41.8 Å². The molecule has 29 heavy (non-hydrogen) atoms. The lowest BCUT2D eigenvalue weighted by atomic mass is 9.74. The van der Waals surface area contributed by atoms with Gasteiger partial charge in [-0.15, -0.1) is 24.0 Å². The van der Waals surface area contributed by atoms with Crippen LogP contribution in [-0.2, 0) is 23.7 Å². The first-order chi connectivity index (χ1) is 13.5. The molecule has 1 aromatic carbocycles. The second-order valence-corrected chi connectivity index (χ2v) is 7.98. The zero-order valence-electron chi connectivity index (χ0n) is 17.5. The summed E-state index contributed by atoms with van der Waals surface area (Å²) in [4.78, 5) is 7.23. The van der Waals surface area contributed by atoms with E-state index in [-0.39, 0.29) is 29.4 Å². The molecular formula is C22H32ClIN4O. The van der Waals surface area contributed by atoms with Crippen molar-refractivity contribution in [2.45, 2.75) is 31.7 Å². The molecule has 0 saturated carbocycles. The van der Waals surface area contributed by atoms with Crippen molar-refractivity contribution in [1.82, 2.24) is 14.8 Å². The maximum absolute atomic E-state index is 6.29. The predicted octanol–water partition coefficient (Wildman–Crippen LogP) is 4.44. The predicted molar refractivity (Wildman–Crippen MR) is 131 cm³/mol. The van der Waals surface area contributed by atoms with E-state index in [0.29, 0.717) is 0 Å². The molecule has 1 saturated heterocycles. The molecule has 0 spiro atoms. The Balaban J connectivity index is 0.00000300. The van der Waals surface area contributed by atoms with Crippen LogP contribution in [-0.4, -0.2) is 48.8 Å². The van der Waals surface area contributed by atoms with Crippen LogP contribution in [0.4, 0.5) is 0 Å². The quantitative estimate of drug-likeness (QED) is 0.341. The number of aliphatic imine (C=N–C) groups is 1. The number of rotatable bonds is 6. The molecule has 160 valence electrons. The standard InChI is InChI=1S/C22H31ClN4O.HI/c1-4-24-21(27(3)16-20-9-6-12-26(20)2)25-17-22(10-13-28-14-11-22)18-7-5-8-19(23)15-18;/h5-9,12,15H,4,10-11,13-14,16-17H2,1-3H3,(H,24,25);1H. The average Bonchev–Trinajstić information content (AvgIpc) is 3.10. The smallest absolute Gasteiger partial charge is 0.194 e. The van der Waals surface area contributed by atoms with Crippen molar-refractivity contribution in [3.05, 3.63) is 58.9 Å². The van der Waals surface area contributed by atoms with E-state index in [1.165, 1.54) is 11.3 Å². The van der Waals surface area contributed by atoms with Crippen molar-refractivity contribution in [2.24, 2.45) is 12.0 Å². The van der Waals surface area contributed by atoms with E-state index in [4.69, 9.17) is 21.3 Å². The fourth-order valence-electron chi connectivity index (χ4n) is 3.79. The zero-order valence-corrected chi connectivity index (χ0v) is 20.6. The molecule has 3 rings (SSSR count). The van der Waals surface area contributed by atoms with E-state index < -0.39 is 0 Å². The van der Waals surface area contributed by atoms with E-state index in [1.807, 2.05) is 12.1 Å². The first-order valence-corrected chi connectivity index (χ1v) is 10.4. The number of nitrogens with zero attached hydrogens (tertiary/aromatic N) is 3. The molecule has 0 bridgehead atoms. The second-order valence-electron chi connectivity index (χ2n) is 7.54. The van der Waals surface area contributed by atoms with E-state index in [2.05, 4.69) is 66.3 Å². The highest BCUT2D eigenvalue weighted by molar-refractivity contribution is 14.0. The molecule has 0 unspecified atom stereocenters. The summed E-state index contributed by atoms with van der Waals surface area (Å²) in [7, 11) is 4.16. The van der Waals surface area contributed by atoms with E-state index >= 15 is 0 Å². The Morgan fingerprint density at radius 3 is 2.66 bits per heavy atom. The highest BCUT2D eigenvalue weighted by Crippen LogP contribution is 2.36. The summed E-state index contributed by atoms with van der Waals surface area (Å²) >= 11 is 6.29. The molecule has 5 nitrogen and oxygen atoms in total. The molecule has 1 N–H and O–H groups in total. The van der Waals surface area contributed by atoms with Gasteiger partial charge in [0.15, 0.2) is 5.96 Å². The molecule has 1 aliphatic rings. The molecule has 7 heteroatoms. The van der Waals surface area contributed by atoms with Crippen LogP contribution in [0.2, 0.25) is 5.02 Å². The molecule has 2 aromatic rings. The van der Waals surface area contributed by atoms with Crippen LogP contribution in [0.5, 0.6) is 0 Å². The Morgan fingerprint density at radius 1 is 1.28 bits per heavy atom. The first-order valence-electron chi connectivity index (χ1n) is 9.97. The Bertz CT molecular complexity index is 802. The Kier molecular flexibility index (Phi) is 9.30. The molecule has 0 radical (unpaired) electrons. The van der Waals surface area contributed by atoms with Crippen molar-refractivity contribution >= 4 is 41.5 Å². The third kappa shape index (κ3) is 6.12. The number of hydrogen-bond acceptors (Lipinski definition) is 2. The van der Waals surface area contributed by atoms with Gasteiger partial charge in [0.05, 0.1) is 13.1 Å². The summed E-state index contributed by atoms with van der Waals surface area (Å²) in [5.74, 6) is 0.927. The van der Waals surface area contributed by atoms with Crippen LogP contribution >= 0.6 is 35.6 Å². The van der Waals surface area contributed by atoms with Gasteiger partial charge in [0.1, 0.15) is 0 Å². The highest BCUT2D eigenvalue weighted by atomic mass is 127. The van der Waals surface area contributed by atoms with Gasteiger partial charge in [0.2, 0.25) is 0 Å². The van der Waals surface area contributed by atoms with Gasteiger partial charge in [-0.3, -0.25) is 4.99 Å². The summed E-state index contributed by atoms with van der Waals surface area (Å²) < 4.78 is 7.80. The van der Waals surface area contributed by atoms with Crippen LogP contribution in [0, 0.1) is 0 Å². The van der Waals surface area contributed by atoms with Crippen LogP contribution < -0.4 is 5.32 Å². The summed E-state index contributed by atoms with van der Waals surface area (Å²) in [5, 5.41) is 4.22. The van der Waals surface area contributed by atoms with Gasteiger partial charge < -0.3 is 19.5 Å². The van der Waals surface area contributed by atoms with Crippen LogP contribution in [0.15, 0.2) is 47.6 Å². The van der Waals surface area contributed by atoms with Crippen molar-refractivity contribution < 1.29 is 4.74 Å². The number of guanidine groups is 1. The number of nitrogens with one attached hydrogen (secondary N) is 1. The summed E-state index contributed by atoms with van der Waals surface area (Å²) in [6.45, 7) is 5.99. The fraction of sp³-hybridized carbons (Fsp3) is 0.500. The molecule has 1 aliphatic heterocycles. The number of aromatic nitrogens is 1. The van der Waals surface area contributed by atoms with Crippen LogP contribution in [0.3, 0.4) is 0 Å². The van der Waals surface area contributed by atoms with Crippen molar-refractivity contribution in [1.29, 1.82) is 0 Å². The minimum Gasteiger partial charge on any atom is -0.381 e. The van der Waals surface area contributed by atoms with Gasteiger partial charge >= 0.3 is 0 Å². The van der Waals surface area contributed by atoms with Crippen LogP contribution in [0.25, 0.3) is 0 Å². The Labute approximate surface area is 196 Å². The van der Waals surface area contributed by atoms with Crippen molar-refractivity contribution in [3.8, 4) is 0 Å². The van der Waals surface area contributed by atoms with E-state index in [0.717, 1.165) is 56.7 Å². The number of benzene rings is 1. The van der Waals surface area contributed by atoms with E-state index in [1.54, 1.807) is 0 Å². The monoisotopic (exact) mass is 530 g/mol. The third-order valence-electron chi connectivity index (χ3n) is 5.57. The summed E-state index contributed by atoms with van der Waals surface area (Å²) in [6.07, 6.45) is 3.99. The minimum absolute atomic E-state index is 0.